The van der Waals surface area contributed by atoms with E-state index in [1.165, 1.54) is 12.1 Å². The van der Waals surface area contributed by atoms with Gasteiger partial charge in [0.2, 0.25) is 0 Å². The predicted molar refractivity (Wildman–Crippen MR) is 111 cm³/mol. The average Bonchev–Trinajstić information content (AvgIpc) is 2.79. The minimum atomic E-state index is -0.0707. The van der Waals surface area contributed by atoms with Crippen molar-refractivity contribution >= 4 is 11.4 Å². The van der Waals surface area contributed by atoms with Crippen LogP contribution in [0.4, 0.5) is 11.4 Å². The van der Waals surface area contributed by atoms with Gasteiger partial charge in [-0.25, -0.2) is 0 Å². The maximum absolute atomic E-state index is 11.2. The molecule has 1 aliphatic heterocycles. The summed E-state index contributed by atoms with van der Waals surface area (Å²) in [6, 6.07) is 11.4. The Kier molecular flexibility index (Phi) is 13.2. The average molecular weight is 454 g/mol. The Morgan fingerprint density at radius 1 is 0.531 bits per heavy atom. The first kappa shape index (κ1) is 26.5. The van der Waals surface area contributed by atoms with Gasteiger partial charge in [-0.3, -0.25) is 0 Å². The van der Waals surface area contributed by atoms with Gasteiger partial charge in [-0.05, 0) is 24.3 Å². The van der Waals surface area contributed by atoms with Gasteiger partial charge in [-0.2, -0.15) is 10.2 Å². The molecular weight excluding hydrogens is 427 g/mol. The van der Waals surface area contributed by atoms with Crippen molar-refractivity contribution in [3.8, 4) is 17.2 Å². The quantitative estimate of drug-likeness (QED) is 0.466. The van der Waals surface area contributed by atoms with E-state index in [-0.39, 0.29) is 35.3 Å². The molecule has 3 rings (SSSR count). The topological polar surface area (TPSA) is 103 Å². The molecule has 168 valence electrons. The van der Waals surface area contributed by atoms with Crippen molar-refractivity contribution in [3.05, 3.63) is 42.5 Å². The van der Waals surface area contributed by atoms with E-state index in [0.29, 0.717) is 88.9 Å². The Morgan fingerprint density at radius 3 is 1.53 bits per heavy atom. The van der Waals surface area contributed by atoms with Gasteiger partial charge >= 0.3 is 29.6 Å². The van der Waals surface area contributed by atoms with Crippen molar-refractivity contribution in [2.24, 2.45) is 10.2 Å². The van der Waals surface area contributed by atoms with Crippen molar-refractivity contribution in [2.75, 3.05) is 66.1 Å². The Balaban J connectivity index is 0.00000363. The SMILES string of the molecule is [Na+].[O-]c1ccc(N=Nc2ccc3c(c2)OCCOCCOCCOCCOCCO3)cc1. The molecule has 0 radical (unpaired) electrons. The van der Waals surface area contributed by atoms with Crippen molar-refractivity contribution in [2.45, 2.75) is 0 Å². The van der Waals surface area contributed by atoms with Crippen LogP contribution in [0.1, 0.15) is 0 Å². The molecule has 1 aliphatic rings. The fourth-order valence-corrected chi connectivity index (χ4v) is 2.60. The third kappa shape index (κ3) is 10.3. The number of azo groups is 1. The van der Waals surface area contributed by atoms with Crippen LogP contribution in [0.25, 0.3) is 0 Å². The first-order valence-electron chi connectivity index (χ1n) is 10.2. The van der Waals surface area contributed by atoms with Crippen LogP contribution in [0, 0.1) is 0 Å². The second kappa shape index (κ2) is 16.0. The van der Waals surface area contributed by atoms with Crippen molar-refractivity contribution < 1.29 is 63.1 Å². The van der Waals surface area contributed by atoms with Gasteiger partial charge in [0.25, 0.3) is 0 Å². The molecule has 0 spiro atoms. The summed E-state index contributed by atoms with van der Waals surface area (Å²) in [4.78, 5) is 0. The Morgan fingerprint density at radius 2 is 0.969 bits per heavy atom. The Labute approximate surface area is 209 Å². The Bertz CT molecular complexity index is 805. The summed E-state index contributed by atoms with van der Waals surface area (Å²) in [6.07, 6.45) is 0. The van der Waals surface area contributed by atoms with Gasteiger partial charge in [0.05, 0.1) is 64.2 Å². The largest absolute Gasteiger partial charge is 1.00 e. The summed E-state index contributed by atoms with van der Waals surface area (Å²) in [5.74, 6) is 1.05. The third-order valence-corrected chi connectivity index (χ3v) is 4.13. The van der Waals surface area contributed by atoms with Crippen LogP contribution < -0.4 is 44.1 Å². The molecule has 9 nitrogen and oxygen atoms in total. The van der Waals surface area contributed by atoms with E-state index in [0.717, 1.165) is 0 Å². The second-order valence-electron chi connectivity index (χ2n) is 6.47. The number of hydrogen-bond acceptors (Lipinski definition) is 9. The molecule has 0 fully saturated rings. The van der Waals surface area contributed by atoms with Gasteiger partial charge in [-0.15, -0.1) is 5.75 Å². The molecule has 0 aromatic heterocycles. The van der Waals surface area contributed by atoms with Crippen molar-refractivity contribution in [3.63, 3.8) is 0 Å². The number of benzene rings is 2. The zero-order valence-electron chi connectivity index (χ0n) is 18.4. The molecule has 0 saturated heterocycles. The normalized spacial score (nSPS) is 17.1. The fourth-order valence-electron chi connectivity index (χ4n) is 2.60. The summed E-state index contributed by atoms with van der Waals surface area (Å²) in [6.45, 7) is 4.58. The maximum Gasteiger partial charge on any atom is 1.00 e. The summed E-state index contributed by atoms with van der Waals surface area (Å²) in [5, 5.41) is 19.6. The standard InChI is InChI=1S/C22H28N2O7.Na/c25-20-4-1-18(2-5-20)23-24-19-3-6-21-22(17-19)31-16-14-29-12-10-27-8-7-26-9-11-28-13-15-30-21;/h1-6,17,25H,7-16H2;/q;+1/p-1. The number of rotatable bonds is 2. The van der Waals surface area contributed by atoms with Crippen molar-refractivity contribution in [1.29, 1.82) is 0 Å². The maximum atomic E-state index is 11.2. The van der Waals surface area contributed by atoms with Gasteiger partial charge in [-0.1, -0.05) is 12.1 Å². The van der Waals surface area contributed by atoms with E-state index in [1.807, 2.05) is 0 Å². The van der Waals surface area contributed by atoms with E-state index >= 15 is 0 Å². The van der Waals surface area contributed by atoms with E-state index in [1.54, 1.807) is 30.3 Å². The molecule has 2 aromatic carbocycles. The minimum Gasteiger partial charge on any atom is -0.872 e. The predicted octanol–water partition coefficient (Wildman–Crippen LogP) is 0.0172. The van der Waals surface area contributed by atoms with E-state index < -0.39 is 0 Å². The molecule has 0 saturated carbocycles. The van der Waals surface area contributed by atoms with Crippen LogP contribution in [-0.4, -0.2) is 66.1 Å². The van der Waals surface area contributed by atoms with E-state index in [4.69, 9.17) is 28.4 Å². The molecule has 0 unspecified atom stereocenters. The first-order chi connectivity index (χ1) is 15.3. The Hall–Kier alpha value is -1.72. The molecule has 0 N–H and O–H groups in total. The summed E-state index contributed by atoms with van der Waals surface area (Å²) in [7, 11) is 0. The van der Waals surface area contributed by atoms with Crippen LogP contribution in [-0.2, 0) is 18.9 Å². The minimum absolute atomic E-state index is 0. The zero-order valence-corrected chi connectivity index (χ0v) is 20.4. The van der Waals surface area contributed by atoms with Gasteiger partial charge in [0, 0.05) is 6.07 Å². The summed E-state index contributed by atoms with van der Waals surface area (Å²) < 4.78 is 33.5. The van der Waals surface area contributed by atoms with E-state index in [9.17, 15) is 5.11 Å². The molecule has 1 heterocycles. The molecule has 0 aliphatic carbocycles. The fraction of sp³-hybridized carbons (Fsp3) is 0.455. The van der Waals surface area contributed by atoms with Crippen LogP contribution in [0.2, 0.25) is 0 Å². The van der Waals surface area contributed by atoms with Crippen LogP contribution in [0.5, 0.6) is 17.2 Å². The van der Waals surface area contributed by atoms with Crippen LogP contribution in [0.3, 0.4) is 0 Å². The molecule has 10 heteroatoms. The van der Waals surface area contributed by atoms with Gasteiger partial charge < -0.3 is 33.5 Å². The monoisotopic (exact) mass is 454 g/mol. The number of nitrogens with zero attached hydrogens (tertiary/aromatic N) is 2. The number of hydrogen-bond donors (Lipinski definition) is 0. The smallest absolute Gasteiger partial charge is 0.872 e. The van der Waals surface area contributed by atoms with Crippen LogP contribution in [0.15, 0.2) is 52.7 Å². The number of ether oxygens (including phenoxy) is 6. The molecule has 0 bridgehead atoms. The zero-order chi connectivity index (χ0) is 21.6. The van der Waals surface area contributed by atoms with E-state index in [2.05, 4.69) is 10.2 Å². The third-order valence-electron chi connectivity index (χ3n) is 4.13. The summed E-state index contributed by atoms with van der Waals surface area (Å²) >= 11 is 0. The van der Waals surface area contributed by atoms with Crippen LogP contribution >= 0.6 is 0 Å². The number of fused-ring (bicyclic) bond motifs is 1. The second-order valence-corrected chi connectivity index (χ2v) is 6.47. The molecule has 32 heavy (non-hydrogen) atoms. The molecular formula is C22H27N2NaO7. The van der Waals surface area contributed by atoms with Gasteiger partial charge in [0.1, 0.15) is 13.2 Å². The summed E-state index contributed by atoms with van der Waals surface area (Å²) in [5.41, 5.74) is 1.19. The first-order valence-corrected chi connectivity index (χ1v) is 10.2. The molecule has 0 atom stereocenters. The van der Waals surface area contributed by atoms with Crippen molar-refractivity contribution in [1.82, 2.24) is 0 Å². The van der Waals surface area contributed by atoms with Gasteiger partial charge in [0.15, 0.2) is 11.5 Å². The molecule has 2 aromatic rings. The molecule has 0 amide bonds.